The lowest BCUT2D eigenvalue weighted by atomic mass is 9.58. The van der Waals surface area contributed by atoms with Gasteiger partial charge in [0.25, 0.3) is 0 Å². The first-order valence-corrected chi connectivity index (χ1v) is 14.2. The predicted molar refractivity (Wildman–Crippen MR) is 129 cm³/mol. The number of hydrogen-bond acceptors (Lipinski definition) is 2. The molecular formula is C28H52N2. The smallest absolute Gasteiger partial charge is 0.00699 e. The quantitative estimate of drug-likeness (QED) is 0.487. The summed E-state index contributed by atoms with van der Waals surface area (Å²) in [5.41, 5.74) is 13.4. The molecule has 0 amide bonds. The first kappa shape index (κ1) is 23.1. The molecular weight excluding hydrogens is 364 g/mol. The van der Waals surface area contributed by atoms with Crippen molar-refractivity contribution in [3.63, 3.8) is 0 Å². The SMILES string of the molecule is CCCC1CCC(CC2CCC(C3CCCCC3N)C[C@H]2C2CCCCC2N)CC1. The van der Waals surface area contributed by atoms with E-state index in [4.69, 9.17) is 11.5 Å². The Morgan fingerprint density at radius 3 is 1.83 bits per heavy atom. The molecule has 4 fully saturated rings. The first-order valence-electron chi connectivity index (χ1n) is 14.2. The molecule has 4 N–H and O–H groups in total. The third-order valence-electron chi connectivity index (χ3n) is 10.3. The molecule has 4 saturated carbocycles. The van der Waals surface area contributed by atoms with Crippen molar-refractivity contribution in [2.24, 2.45) is 52.9 Å². The fourth-order valence-corrected chi connectivity index (χ4v) is 8.59. The summed E-state index contributed by atoms with van der Waals surface area (Å²) < 4.78 is 0. The molecule has 4 rings (SSSR count). The van der Waals surface area contributed by atoms with E-state index in [2.05, 4.69) is 6.92 Å². The Balaban J connectivity index is 1.40. The van der Waals surface area contributed by atoms with Crippen LogP contribution in [0.2, 0.25) is 0 Å². The van der Waals surface area contributed by atoms with Gasteiger partial charge in [0.1, 0.15) is 0 Å². The molecule has 0 bridgehead atoms. The summed E-state index contributed by atoms with van der Waals surface area (Å²) >= 11 is 0. The molecule has 0 aliphatic heterocycles. The van der Waals surface area contributed by atoms with Crippen LogP contribution in [0.4, 0.5) is 0 Å². The molecule has 0 radical (unpaired) electrons. The number of hydrogen-bond donors (Lipinski definition) is 2. The van der Waals surface area contributed by atoms with Crippen LogP contribution in [0.5, 0.6) is 0 Å². The molecule has 0 aromatic carbocycles. The molecule has 2 heteroatoms. The lowest BCUT2D eigenvalue weighted by molar-refractivity contribution is 0.0340. The molecule has 0 saturated heterocycles. The van der Waals surface area contributed by atoms with Gasteiger partial charge in [-0.15, -0.1) is 0 Å². The van der Waals surface area contributed by atoms with Gasteiger partial charge < -0.3 is 11.5 Å². The van der Waals surface area contributed by atoms with E-state index in [-0.39, 0.29) is 0 Å². The van der Waals surface area contributed by atoms with Crippen LogP contribution in [0.15, 0.2) is 0 Å². The van der Waals surface area contributed by atoms with Crippen molar-refractivity contribution < 1.29 is 0 Å². The zero-order chi connectivity index (χ0) is 20.9. The fraction of sp³-hybridized carbons (Fsp3) is 1.00. The maximum absolute atomic E-state index is 6.78. The van der Waals surface area contributed by atoms with Crippen LogP contribution in [0.1, 0.15) is 122 Å². The average molecular weight is 417 g/mol. The average Bonchev–Trinajstić information content (AvgIpc) is 2.77. The van der Waals surface area contributed by atoms with Crippen molar-refractivity contribution in [2.75, 3.05) is 0 Å². The minimum absolute atomic E-state index is 0.477. The highest BCUT2D eigenvalue weighted by Gasteiger charge is 2.42. The molecule has 6 unspecified atom stereocenters. The first-order chi connectivity index (χ1) is 14.7. The van der Waals surface area contributed by atoms with Crippen LogP contribution in [-0.2, 0) is 0 Å². The molecule has 4 aliphatic rings. The van der Waals surface area contributed by atoms with Crippen LogP contribution >= 0.6 is 0 Å². The summed E-state index contributed by atoms with van der Waals surface area (Å²) in [4.78, 5) is 0. The van der Waals surface area contributed by atoms with Crippen LogP contribution < -0.4 is 11.5 Å². The van der Waals surface area contributed by atoms with E-state index in [0.717, 1.165) is 41.4 Å². The summed E-state index contributed by atoms with van der Waals surface area (Å²) in [6, 6.07) is 0.958. The lowest BCUT2D eigenvalue weighted by Crippen LogP contribution is -2.46. The van der Waals surface area contributed by atoms with Crippen molar-refractivity contribution in [3.8, 4) is 0 Å². The molecule has 2 nitrogen and oxygen atoms in total. The van der Waals surface area contributed by atoms with Crippen molar-refractivity contribution in [2.45, 2.75) is 135 Å². The summed E-state index contributed by atoms with van der Waals surface area (Å²) in [6.45, 7) is 2.36. The van der Waals surface area contributed by atoms with Crippen molar-refractivity contribution in [3.05, 3.63) is 0 Å². The van der Waals surface area contributed by atoms with E-state index in [0.29, 0.717) is 12.1 Å². The van der Waals surface area contributed by atoms with Gasteiger partial charge in [0.15, 0.2) is 0 Å². The second kappa shape index (κ2) is 11.2. The maximum Gasteiger partial charge on any atom is 0.00699 e. The van der Waals surface area contributed by atoms with Crippen LogP contribution in [0.25, 0.3) is 0 Å². The Bertz CT molecular complexity index is 497. The highest BCUT2D eigenvalue weighted by atomic mass is 14.7. The Kier molecular flexibility index (Phi) is 8.60. The van der Waals surface area contributed by atoms with Gasteiger partial charge in [-0.2, -0.15) is 0 Å². The van der Waals surface area contributed by atoms with Crippen LogP contribution in [-0.4, -0.2) is 12.1 Å². The van der Waals surface area contributed by atoms with Gasteiger partial charge in [-0.05, 0) is 92.8 Å². The monoisotopic (exact) mass is 416 g/mol. The molecule has 0 spiro atoms. The van der Waals surface area contributed by atoms with Crippen molar-refractivity contribution in [1.82, 2.24) is 0 Å². The van der Waals surface area contributed by atoms with E-state index in [9.17, 15) is 0 Å². The Morgan fingerprint density at radius 2 is 1.20 bits per heavy atom. The zero-order valence-electron chi connectivity index (χ0n) is 20.1. The van der Waals surface area contributed by atoms with Crippen molar-refractivity contribution >= 4 is 0 Å². The standard InChI is InChI=1S/C28H52N2/c1-2-7-20-12-14-21(15-13-20)18-22-16-17-23(24-8-3-5-10-27(24)29)19-26(22)25-9-4-6-11-28(25)30/h20-28H,2-19,29-30H2,1H3/t20?,21?,22?,23?,24?,25?,26-,27?,28?/m1/s1. The normalized spacial score (nSPS) is 45.9. The van der Waals surface area contributed by atoms with Gasteiger partial charge in [0, 0.05) is 12.1 Å². The minimum Gasteiger partial charge on any atom is -0.327 e. The highest BCUT2D eigenvalue weighted by Crippen LogP contribution is 2.50. The fourth-order valence-electron chi connectivity index (χ4n) is 8.59. The lowest BCUT2D eigenvalue weighted by Gasteiger charge is -2.48. The highest BCUT2D eigenvalue weighted by molar-refractivity contribution is 4.95. The van der Waals surface area contributed by atoms with E-state index in [1.54, 1.807) is 0 Å². The van der Waals surface area contributed by atoms with Gasteiger partial charge in [-0.3, -0.25) is 0 Å². The largest absolute Gasteiger partial charge is 0.327 e. The molecule has 0 aromatic rings. The van der Waals surface area contributed by atoms with E-state index in [1.165, 1.54) is 116 Å². The molecule has 174 valence electrons. The summed E-state index contributed by atoms with van der Waals surface area (Å²) in [5, 5.41) is 0. The van der Waals surface area contributed by atoms with E-state index < -0.39 is 0 Å². The zero-order valence-corrected chi connectivity index (χ0v) is 20.1. The van der Waals surface area contributed by atoms with Gasteiger partial charge in [-0.1, -0.05) is 71.1 Å². The van der Waals surface area contributed by atoms with Gasteiger partial charge in [-0.25, -0.2) is 0 Å². The second-order valence-electron chi connectivity index (χ2n) is 12.1. The predicted octanol–water partition coefficient (Wildman–Crippen LogP) is 7.05. The molecule has 0 heterocycles. The maximum atomic E-state index is 6.78. The number of rotatable bonds is 6. The molecule has 0 aromatic heterocycles. The van der Waals surface area contributed by atoms with Crippen LogP contribution in [0, 0.1) is 41.4 Å². The minimum atomic E-state index is 0.477. The van der Waals surface area contributed by atoms with Gasteiger partial charge in [0.05, 0.1) is 0 Å². The Hall–Kier alpha value is -0.0800. The van der Waals surface area contributed by atoms with Gasteiger partial charge in [0.2, 0.25) is 0 Å². The topological polar surface area (TPSA) is 52.0 Å². The molecule has 4 aliphatic carbocycles. The second-order valence-corrected chi connectivity index (χ2v) is 12.1. The van der Waals surface area contributed by atoms with Crippen LogP contribution in [0.3, 0.4) is 0 Å². The Morgan fingerprint density at radius 1 is 0.600 bits per heavy atom. The summed E-state index contributed by atoms with van der Waals surface area (Å²) in [6.07, 6.45) is 25.8. The summed E-state index contributed by atoms with van der Waals surface area (Å²) in [7, 11) is 0. The number of nitrogens with two attached hydrogens (primary N) is 2. The molecule has 30 heavy (non-hydrogen) atoms. The van der Waals surface area contributed by atoms with E-state index >= 15 is 0 Å². The molecule has 7 atom stereocenters. The summed E-state index contributed by atoms with van der Waals surface area (Å²) in [5.74, 6) is 6.44. The third-order valence-corrected chi connectivity index (χ3v) is 10.3. The van der Waals surface area contributed by atoms with Gasteiger partial charge >= 0.3 is 0 Å². The van der Waals surface area contributed by atoms with E-state index in [1.807, 2.05) is 0 Å². The van der Waals surface area contributed by atoms with Crippen molar-refractivity contribution in [1.29, 1.82) is 0 Å². The third kappa shape index (κ3) is 5.64. The Labute approximate surface area is 187 Å².